The Hall–Kier alpha value is -10.0. The van der Waals surface area contributed by atoms with Crippen LogP contribution in [0.15, 0.2) is 92.1 Å². The summed E-state index contributed by atoms with van der Waals surface area (Å²) in [6, 6.07) is 10.3. The summed E-state index contributed by atoms with van der Waals surface area (Å²) in [6.07, 6.45) is 5.89. The molecule has 0 spiro atoms. The van der Waals surface area contributed by atoms with Gasteiger partial charge in [0, 0.05) is 39.2 Å². The van der Waals surface area contributed by atoms with Crippen molar-refractivity contribution < 1.29 is 112 Å². The number of aromatic nitrogens is 6. The zero-order valence-electron chi connectivity index (χ0n) is 83.6. The quantitative estimate of drug-likeness (QED) is 0.0423. The lowest BCUT2D eigenvalue weighted by atomic mass is 9.77. The number of allylic oxidation sites excluding steroid dienone is 4. The molecule has 36 heteroatoms. The van der Waals surface area contributed by atoms with Crippen molar-refractivity contribution in [2.24, 2.45) is 69.5 Å². The molecule has 0 N–H and O–H groups in total. The Morgan fingerprint density at radius 3 is 1.42 bits per heavy atom. The molecule has 4 bridgehead atoms. The van der Waals surface area contributed by atoms with Crippen LogP contribution in [-0.2, 0) is 89.3 Å². The van der Waals surface area contributed by atoms with Gasteiger partial charge in [0.1, 0.15) is 71.6 Å². The first-order valence-electron chi connectivity index (χ1n) is 48.1. The van der Waals surface area contributed by atoms with Gasteiger partial charge in [-0.25, -0.2) is 44.3 Å². The van der Waals surface area contributed by atoms with Crippen molar-refractivity contribution in [3.8, 4) is 17.6 Å². The molecule has 14 rings (SSSR count). The zero-order chi connectivity index (χ0) is 103. The van der Waals surface area contributed by atoms with E-state index >= 15 is 26.3 Å². The number of benzene rings is 3. The molecule has 3 aromatic heterocycles. The summed E-state index contributed by atoms with van der Waals surface area (Å²) in [5.74, 6) is -20.9. The zero-order valence-corrected chi connectivity index (χ0v) is 85.9. The number of alkyl halides is 6. The van der Waals surface area contributed by atoms with E-state index in [0.717, 1.165) is 25.3 Å². The lowest BCUT2D eigenvalue weighted by Gasteiger charge is -2.35. The Morgan fingerprint density at radius 1 is 0.531 bits per heavy atom. The first-order chi connectivity index (χ1) is 64.9. The van der Waals surface area contributed by atoms with Crippen LogP contribution >= 0.6 is 34.8 Å². The van der Waals surface area contributed by atoms with Crippen LogP contribution in [0.4, 0.5) is 26.3 Å². The van der Waals surface area contributed by atoms with Crippen LogP contribution in [0.3, 0.4) is 0 Å². The first kappa shape index (κ1) is 117. The lowest BCUT2D eigenvalue weighted by molar-refractivity contribution is -0.167. The molecular formula is C107H144Cl3F6N9O18. The predicted molar refractivity (Wildman–Crippen MR) is 533 cm³/mol. The van der Waals surface area contributed by atoms with Crippen molar-refractivity contribution in [2.75, 3.05) is 19.6 Å². The third kappa shape index (κ3) is 29.1. The summed E-state index contributed by atoms with van der Waals surface area (Å²) >= 11 is 18.5. The molecular weight excluding hydrogens is 1920 g/mol. The van der Waals surface area contributed by atoms with Crippen molar-refractivity contribution in [2.45, 2.75) is 347 Å². The van der Waals surface area contributed by atoms with Crippen molar-refractivity contribution >= 4 is 121 Å². The molecule has 3 saturated heterocycles. The Morgan fingerprint density at radius 2 is 0.972 bits per heavy atom. The van der Waals surface area contributed by atoms with E-state index in [2.05, 4.69) is 43.1 Å². The van der Waals surface area contributed by atoms with Crippen LogP contribution in [0.1, 0.15) is 275 Å². The second kappa shape index (κ2) is 45.1. The van der Waals surface area contributed by atoms with E-state index in [9.17, 15) is 43.2 Å². The topological polar surface area (TPSA) is 324 Å². The van der Waals surface area contributed by atoms with E-state index in [1.54, 1.807) is 95.2 Å². The number of amides is 3. The fraction of sp³-hybridized carbons (Fsp3) is 0.636. The molecule has 8 heterocycles. The molecule has 3 amide bonds. The Kier molecular flexibility index (Phi) is 36.8. The van der Waals surface area contributed by atoms with Gasteiger partial charge >= 0.3 is 47.7 Å². The Balaban J connectivity index is 0.000000237. The van der Waals surface area contributed by atoms with Gasteiger partial charge in [0.2, 0.25) is 35.4 Å². The summed E-state index contributed by atoms with van der Waals surface area (Å²) < 4.78 is 147. The molecule has 6 fully saturated rings. The van der Waals surface area contributed by atoms with Gasteiger partial charge in [-0.2, -0.15) is 26.3 Å². The molecule has 18 atom stereocenters. The van der Waals surface area contributed by atoms with E-state index in [-0.39, 0.29) is 143 Å². The van der Waals surface area contributed by atoms with E-state index in [4.69, 9.17) is 77.4 Å². The maximum Gasteiger partial charge on any atom is 0.329 e. The van der Waals surface area contributed by atoms with E-state index < -0.39 is 212 Å². The largest absolute Gasteiger partial charge is 0.471 e. The highest BCUT2D eigenvalue weighted by Gasteiger charge is 2.58. The number of fused-ring (bicyclic) bond motifs is 11. The molecule has 143 heavy (non-hydrogen) atoms. The van der Waals surface area contributed by atoms with Crippen LogP contribution < -0.4 is 14.2 Å². The van der Waals surface area contributed by atoms with Gasteiger partial charge < -0.3 is 57.3 Å². The minimum Gasteiger partial charge on any atom is -0.471 e. The number of carbonyl (C=O) groups is 9. The standard InChI is InChI=1S/C36H46ClF2N3O6.C34H44ClF2N3O6.C34H42ClF2N3O6.3CH4/c1-10-12-13-21-16-26(21)46-28(43)18-23(34(4,5)6)32(44)42-19-27(20(3)29(42)33(45)48-35(7,8)9)47-31-30(36(38,39)11-2)40-24-15-14-22(37)17-25(24)41-31;2*1-18-25-17-40(27(18)31(43)46-33(5,6)7)30(42)21(32(2,3)4)16-26(41)44-24-14-19(24)10-8-9-13-34(36,37)28-29(45-25)39-23-15-20(35)11-12-22(23)38-28;;;/h10-11,14-15,17,20-21,23,26-27,29H,1-2,12-13,16,18-19H2,3-9H3;11-12,15,18-19,21,24-25,27H,8-10,13-14,16-17H2,1-7H3;9,11-13,15,18-19,21,24-25,27H,8,10,14,16-17H2,1-7H3;3*1H4/b;;13-9+;;;/t20-,21-,23-,26-,27+,29+;2*18-,19-,21-,24-,25+,27+;;;/m111.../s1. The average molecular weight is 2060 g/mol. The van der Waals surface area contributed by atoms with Gasteiger partial charge in [-0.3, -0.25) is 28.8 Å². The Bertz CT molecular complexity index is 5710. The number of halogens is 9. The van der Waals surface area contributed by atoms with Gasteiger partial charge in [-0.05, 0) is 221 Å². The molecule has 0 unspecified atom stereocenters. The average Bonchev–Trinajstić information content (AvgIpc) is 1.69. The summed E-state index contributed by atoms with van der Waals surface area (Å²) in [5, 5.41) is 1.02. The van der Waals surface area contributed by atoms with Crippen LogP contribution in [0, 0.1) is 69.5 Å². The molecule has 788 valence electrons. The highest BCUT2D eigenvalue weighted by Crippen LogP contribution is 2.50. The van der Waals surface area contributed by atoms with E-state index in [1.165, 1.54) is 63.2 Å². The molecule has 27 nitrogen and oxygen atoms in total. The van der Waals surface area contributed by atoms with Crippen molar-refractivity contribution in [3.05, 3.63) is 124 Å². The number of rotatable bonds is 14. The van der Waals surface area contributed by atoms with E-state index in [0.29, 0.717) is 59.7 Å². The highest BCUT2D eigenvalue weighted by atomic mass is 35.5. The minimum atomic E-state index is -3.61. The van der Waals surface area contributed by atoms with Crippen molar-refractivity contribution in [1.82, 2.24) is 44.6 Å². The number of carbonyl (C=O) groups excluding carboxylic acids is 9. The molecule has 6 aromatic rings. The van der Waals surface area contributed by atoms with Gasteiger partial charge in [-0.1, -0.05) is 165 Å². The normalized spacial score (nSPS) is 26.7. The fourth-order valence-corrected chi connectivity index (χ4v) is 19.0. The number of likely N-dealkylation sites (tertiary alicyclic amines) is 1. The third-order valence-electron chi connectivity index (χ3n) is 26.6. The smallest absolute Gasteiger partial charge is 0.329 e. The molecule has 5 aliphatic heterocycles. The summed E-state index contributed by atoms with van der Waals surface area (Å²) in [6.45, 7) is 43.7. The van der Waals surface area contributed by atoms with Gasteiger partial charge in [0.05, 0.1) is 89.8 Å². The maximum absolute atomic E-state index is 16.0. The third-order valence-corrected chi connectivity index (χ3v) is 27.3. The Labute approximate surface area is 851 Å². The van der Waals surface area contributed by atoms with Crippen molar-refractivity contribution in [3.63, 3.8) is 0 Å². The molecule has 8 aliphatic rings. The second-order valence-electron chi connectivity index (χ2n) is 44.7. The summed E-state index contributed by atoms with van der Waals surface area (Å²) in [4.78, 5) is 153. The summed E-state index contributed by atoms with van der Waals surface area (Å²) in [5.41, 5.74) is -5.33. The van der Waals surface area contributed by atoms with Gasteiger partial charge in [0.15, 0.2) is 17.1 Å². The minimum absolute atomic E-state index is 0. The van der Waals surface area contributed by atoms with Crippen LogP contribution in [-0.4, -0.2) is 189 Å². The van der Waals surface area contributed by atoms with Gasteiger partial charge in [-0.15, -0.1) is 6.58 Å². The fourth-order valence-electron chi connectivity index (χ4n) is 18.5. The number of hydrogen-bond acceptors (Lipinski definition) is 24. The lowest BCUT2D eigenvalue weighted by Crippen LogP contribution is -2.50. The molecule has 3 aliphatic carbocycles. The number of hydrogen-bond donors (Lipinski definition) is 0. The maximum atomic E-state index is 16.0. The van der Waals surface area contributed by atoms with Crippen LogP contribution in [0.2, 0.25) is 15.1 Å². The number of nitrogens with zero attached hydrogens (tertiary/aromatic N) is 9. The predicted octanol–water partition coefficient (Wildman–Crippen LogP) is 22.9. The molecule has 3 aromatic carbocycles. The number of ether oxygens (including phenoxy) is 9. The SMILES string of the molecule is C.C.C.C=CCC[C@@H]1C[C@H]1OC(=O)C[C@H](C(=O)N1C[C@H](Oc2nc3cc(Cl)ccc3nc2C(F)(F)C=C)[C@@H](C)[C@H]1C(=O)OC(C)(C)C)C(C)(C)C.C[C@@H]1[C@@H]2CN(C(=O)[C@H](C(C)(C)C)CC(=O)O[C@@H]3C[C@H]3CC/C=C/C(F)(F)c3nc4ccc(Cl)cc4nc3O2)[C@@H]1C(=O)OC(C)(C)C.C[C@@H]1[C@@H]2CN(C(=O)[C@H](C(C)(C)C)CC(=O)O[C@@H]3C[C@H]3CCCCC(F)(F)c3nc4ccc(Cl)cc4nc3O2)[C@@H]1C(=O)OC(C)(C)C. The summed E-state index contributed by atoms with van der Waals surface area (Å²) in [7, 11) is 0. The second-order valence-corrected chi connectivity index (χ2v) is 46.0. The van der Waals surface area contributed by atoms with Crippen LogP contribution in [0.5, 0.6) is 17.6 Å². The number of esters is 6. The highest BCUT2D eigenvalue weighted by molar-refractivity contribution is 6.32. The van der Waals surface area contributed by atoms with E-state index in [1.807, 2.05) is 68.4 Å². The first-order valence-corrected chi connectivity index (χ1v) is 49.2. The van der Waals surface area contributed by atoms with Gasteiger partial charge in [0.25, 0.3) is 5.92 Å². The monoisotopic (exact) mass is 2060 g/mol. The van der Waals surface area contributed by atoms with Crippen LogP contribution in [0.25, 0.3) is 33.1 Å². The molecule has 0 radical (unpaired) electrons. The molecule has 3 saturated carbocycles. The van der Waals surface area contributed by atoms with Crippen molar-refractivity contribution in [1.29, 1.82) is 0 Å².